The Hall–Kier alpha value is -0.770. The molecule has 0 heterocycles. The number of hydrogen-bond acceptors (Lipinski definition) is 3. The van der Waals surface area contributed by atoms with E-state index >= 15 is 0 Å². The van der Waals surface area contributed by atoms with Crippen LogP contribution in [0.15, 0.2) is 5.16 Å². The summed E-state index contributed by atoms with van der Waals surface area (Å²) in [5.74, 6) is 0.249. The molecule has 1 fully saturated rings. The number of oxime groups is 1. The summed E-state index contributed by atoms with van der Waals surface area (Å²) in [5, 5.41) is 14.5. The minimum absolute atomic E-state index is 0.0348. The fraction of sp³-hybridized carbons (Fsp3) is 0.875. The van der Waals surface area contributed by atoms with Crippen molar-refractivity contribution < 1.29 is 5.21 Å². The zero-order valence-electron chi connectivity index (χ0n) is 7.67. The van der Waals surface area contributed by atoms with E-state index in [0.717, 1.165) is 6.54 Å². The third-order valence-electron chi connectivity index (χ3n) is 2.50. The van der Waals surface area contributed by atoms with Gasteiger partial charge < -0.3 is 16.3 Å². The smallest absolute Gasteiger partial charge is 0.156 e. The Balaban J connectivity index is 2.22. The molecule has 70 valence electrons. The van der Waals surface area contributed by atoms with Gasteiger partial charge in [-0.25, -0.2) is 0 Å². The minimum Gasteiger partial charge on any atom is -0.409 e. The lowest BCUT2D eigenvalue weighted by molar-refractivity contribution is 0.314. The van der Waals surface area contributed by atoms with Crippen LogP contribution >= 0.6 is 0 Å². The maximum absolute atomic E-state index is 8.37. The first-order valence-corrected chi connectivity index (χ1v) is 4.28. The lowest BCUT2D eigenvalue weighted by atomic mass is 10.1. The molecule has 1 rings (SSSR count). The van der Waals surface area contributed by atoms with Crippen LogP contribution in [0.3, 0.4) is 0 Å². The fourth-order valence-electron chi connectivity index (χ4n) is 0.981. The second kappa shape index (κ2) is 3.31. The van der Waals surface area contributed by atoms with Gasteiger partial charge in [-0.2, -0.15) is 0 Å². The molecule has 0 aromatic rings. The van der Waals surface area contributed by atoms with Crippen molar-refractivity contribution in [2.24, 2.45) is 16.3 Å². The largest absolute Gasteiger partial charge is 0.409 e. The molecule has 0 amide bonds. The molecule has 1 aliphatic rings. The molecule has 1 aliphatic carbocycles. The third kappa shape index (κ3) is 2.37. The highest BCUT2D eigenvalue weighted by molar-refractivity contribution is 5.84. The molecule has 0 aromatic carbocycles. The Morgan fingerprint density at radius 1 is 1.75 bits per heavy atom. The van der Waals surface area contributed by atoms with Crippen LogP contribution in [0.2, 0.25) is 0 Å². The summed E-state index contributed by atoms with van der Waals surface area (Å²) in [6.07, 6.45) is 2.56. The van der Waals surface area contributed by atoms with Crippen LogP contribution in [0.1, 0.15) is 26.7 Å². The monoisotopic (exact) mass is 171 g/mol. The van der Waals surface area contributed by atoms with Crippen LogP contribution in [0, 0.1) is 5.41 Å². The van der Waals surface area contributed by atoms with Crippen LogP contribution < -0.4 is 11.1 Å². The highest BCUT2D eigenvalue weighted by Gasteiger charge is 2.37. The molecule has 1 atom stereocenters. The van der Waals surface area contributed by atoms with Crippen molar-refractivity contribution >= 4 is 5.84 Å². The predicted octanol–water partition coefficient (Wildman–Crippen LogP) is 0.511. The van der Waals surface area contributed by atoms with Crippen LogP contribution in [0.25, 0.3) is 0 Å². The van der Waals surface area contributed by atoms with E-state index in [-0.39, 0.29) is 11.9 Å². The van der Waals surface area contributed by atoms with Crippen molar-refractivity contribution in [3.05, 3.63) is 0 Å². The van der Waals surface area contributed by atoms with Crippen molar-refractivity contribution in [2.45, 2.75) is 32.7 Å². The van der Waals surface area contributed by atoms with E-state index < -0.39 is 0 Å². The molecule has 0 spiro atoms. The van der Waals surface area contributed by atoms with Gasteiger partial charge in [0.15, 0.2) is 5.84 Å². The van der Waals surface area contributed by atoms with Crippen LogP contribution in [0.4, 0.5) is 0 Å². The van der Waals surface area contributed by atoms with E-state index in [1.54, 1.807) is 0 Å². The second-order valence-electron chi connectivity index (χ2n) is 3.94. The normalized spacial score (nSPS) is 23.7. The number of nitrogens with one attached hydrogen (secondary N) is 1. The van der Waals surface area contributed by atoms with Crippen LogP contribution in [-0.4, -0.2) is 23.6 Å². The summed E-state index contributed by atoms with van der Waals surface area (Å²) in [6, 6.07) is -0.0348. The number of hydrogen-bond donors (Lipinski definition) is 3. The zero-order valence-corrected chi connectivity index (χ0v) is 7.67. The van der Waals surface area contributed by atoms with Crippen LogP contribution in [-0.2, 0) is 0 Å². The highest BCUT2D eigenvalue weighted by Crippen LogP contribution is 2.44. The first-order valence-electron chi connectivity index (χ1n) is 4.28. The summed E-state index contributed by atoms with van der Waals surface area (Å²) >= 11 is 0. The summed E-state index contributed by atoms with van der Waals surface area (Å²) in [4.78, 5) is 0. The first kappa shape index (κ1) is 9.32. The number of nitrogens with zero attached hydrogens (tertiary/aromatic N) is 1. The number of amidine groups is 1. The van der Waals surface area contributed by atoms with E-state index in [1.807, 2.05) is 6.92 Å². The van der Waals surface area contributed by atoms with Crippen molar-refractivity contribution in [3.63, 3.8) is 0 Å². The SMILES string of the molecule is CC(NCC1(C)CC1)C(N)=NO. The average Bonchev–Trinajstić information content (AvgIpc) is 2.79. The van der Waals surface area contributed by atoms with E-state index in [0.29, 0.717) is 5.41 Å². The molecular formula is C8H17N3O. The molecule has 4 nitrogen and oxygen atoms in total. The Kier molecular flexibility index (Phi) is 2.57. The summed E-state index contributed by atoms with van der Waals surface area (Å²) in [6.45, 7) is 5.07. The molecule has 1 unspecified atom stereocenters. The standard InChI is InChI=1S/C8H17N3O/c1-6(7(9)11-12)10-5-8(2)3-4-8/h6,10,12H,3-5H2,1-2H3,(H2,9,11). The fourth-order valence-corrected chi connectivity index (χ4v) is 0.981. The van der Waals surface area contributed by atoms with Gasteiger partial charge in [-0.1, -0.05) is 12.1 Å². The van der Waals surface area contributed by atoms with E-state index in [2.05, 4.69) is 17.4 Å². The summed E-state index contributed by atoms with van der Waals surface area (Å²) in [5.41, 5.74) is 5.87. The van der Waals surface area contributed by atoms with Gasteiger partial charge in [-0.3, -0.25) is 0 Å². The Morgan fingerprint density at radius 2 is 2.33 bits per heavy atom. The topological polar surface area (TPSA) is 70.6 Å². The molecule has 4 N–H and O–H groups in total. The van der Waals surface area contributed by atoms with Gasteiger partial charge in [-0.15, -0.1) is 0 Å². The average molecular weight is 171 g/mol. The molecular weight excluding hydrogens is 154 g/mol. The third-order valence-corrected chi connectivity index (χ3v) is 2.50. The number of rotatable bonds is 4. The van der Waals surface area contributed by atoms with Gasteiger partial charge in [0.2, 0.25) is 0 Å². The van der Waals surface area contributed by atoms with Gasteiger partial charge >= 0.3 is 0 Å². The van der Waals surface area contributed by atoms with Crippen LogP contribution in [0.5, 0.6) is 0 Å². The Bertz CT molecular complexity index is 187. The molecule has 0 bridgehead atoms. The van der Waals surface area contributed by atoms with Gasteiger partial charge in [-0.05, 0) is 25.2 Å². The van der Waals surface area contributed by atoms with E-state index in [1.165, 1.54) is 12.8 Å². The summed E-state index contributed by atoms with van der Waals surface area (Å²) in [7, 11) is 0. The zero-order chi connectivity index (χ0) is 9.19. The Morgan fingerprint density at radius 3 is 2.75 bits per heavy atom. The van der Waals surface area contributed by atoms with Gasteiger partial charge in [0.25, 0.3) is 0 Å². The predicted molar refractivity (Wildman–Crippen MR) is 48.2 cm³/mol. The second-order valence-corrected chi connectivity index (χ2v) is 3.94. The van der Waals surface area contributed by atoms with Gasteiger partial charge in [0, 0.05) is 6.54 Å². The van der Waals surface area contributed by atoms with Gasteiger partial charge in [0.05, 0.1) is 6.04 Å². The molecule has 4 heteroatoms. The summed E-state index contributed by atoms with van der Waals surface area (Å²) < 4.78 is 0. The molecule has 1 saturated carbocycles. The lowest BCUT2D eigenvalue weighted by Crippen LogP contribution is -2.41. The van der Waals surface area contributed by atoms with Crippen molar-refractivity contribution in [1.29, 1.82) is 0 Å². The highest BCUT2D eigenvalue weighted by atomic mass is 16.4. The van der Waals surface area contributed by atoms with E-state index in [4.69, 9.17) is 10.9 Å². The maximum atomic E-state index is 8.37. The Labute approximate surface area is 72.8 Å². The first-order chi connectivity index (χ1) is 5.57. The molecule has 0 radical (unpaired) electrons. The quantitative estimate of drug-likeness (QED) is 0.250. The lowest BCUT2D eigenvalue weighted by Gasteiger charge is -2.15. The minimum atomic E-state index is -0.0348. The molecule has 0 saturated heterocycles. The van der Waals surface area contributed by atoms with Crippen molar-refractivity contribution in [3.8, 4) is 0 Å². The van der Waals surface area contributed by atoms with Crippen molar-refractivity contribution in [1.82, 2.24) is 5.32 Å². The molecule has 12 heavy (non-hydrogen) atoms. The maximum Gasteiger partial charge on any atom is 0.156 e. The molecule has 0 aliphatic heterocycles. The van der Waals surface area contributed by atoms with Crippen molar-refractivity contribution in [2.75, 3.05) is 6.54 Å². The number of nitrogens with two attached hydrogens (primary N) is 1. The van der Waals surface area contributed by atoms with Gasteiger partial charge in [0.1, 0.15) is 0 Å². The van der Waals surface area contributed by atoms with E-state index in [9.17, 15) is 0 Å². The molecule has 0 aromatic heterocycles.